The summed E-state index contributed by atoms with van der Waals surface area (Å²) in [6.45, 7) is 8.21. The molecule has 3 heteroatoms. The maximum atomic E-state index is 9.78. The van der Waals surface area contributed by atoms with Gasteiger partial charge in [-0.15, -0.1) is 0 Å². The summed E-state index contributed by atoms with van der Waals surface area (Å²) < 4.78 is 0. The molecule has 0 aliphatic heterocycles. The second-order valence-corrected chi connectivity index (χ2v) is 4.86. The van der Waals surface area contributed by atoms with Crippen molar-refractivity contribution in [2.24, 2.45) is 0 Å². The number of nitrogens with two attached hydrogens (primary N) is 1. The van der Waals surface area contributed by atoms with Crippen molar-refractivity contribution in [2.45, 2.75) is 32.9 Å². The summed E-state index contributed by atoms with van der Waals surface area (Å²) >= 11 is 0. The molecule has 1 aromatic rings. The lowest BCUT2D eigenvalue weighted by molar-refractivity contribution is 0.0353. The average Bonchev–Trinajstić information content (AvgIpc) is 2.18. The van der Waals surface area contributed by atoms with Crippen LogP contribution in [0, 0.1) is 0 Å². The van der Waals surface area contributed by atoms with Gasteiger partial charge in [0.1, 0.15) is 0 Å². The molecule has 0 spiro atoms. The molecule has 0 saturated carbocycles. The first-order valence-electron chi connectivity index (χ1n) is 5.70. The topological polar surface area (TPSA) is 49.5 Å². The molecule has 0 atom stereocenters. The van der Waals surface area contributed by atoms with Crippen molar-refractivity contribution in [3.63, 3.8) is 0 Å². The second-order valence-electron chi connectivity index (χ2n) is 4.86. The summed E-state index contributed by atoms with van der Waals surface area (Å²) in [5, 5.41) is 9.78. The van der Waals surface area contributed by atoms with Gasteiger partial charge < -0.3 is 10.8 Å². The molecule has 0 aliphatic rings. The third kappa shape index (κ3) is 4.64. The van der Waals surface area contributed by atoms with Gasteiger partial charge in [-0.3, -0.25) is 4.90 Å². The van der Waals surface area contributed by atoms with Crippen molar-refractivity contribution < 1.29 is 5.11 Å². The van der Waals surface area contributed by atoms with Crippen LogP contribution in [-0.4, -0.2) is 28.7 Å². The number of nitrogens with zero attached hydrogens (tertiary/aromatic N) is 1. The minimum Gasteiger partial charge on any atom is -0.399 e. The van der Waals surface area contributed by atoms with Gasteiger partial charge in [-0.1, -0.05) is 19.1 Å². The van der Waals surface area contributed by atoms with Crippen LogP contribution >= 0.6 is 0 Å². The smallest absolute Gasteiger partial charge is 0.0718 e. The monoisotopic (exact) mass is 222 g/mol. The van der Waals surface area contributed by atoms with E-state index >= 15 is 0 Å². The minimum absolute atomic E-state index is 0.649. The summed E-state index contributed by atoms with van der Waals surface area (Å²) in [7, 11) is 0. The van der Waals surface area contributed by atoms with Crippen LogP contribution < -0.4 is 5.73 Å². The fraction of sp³-hybridized carbons (Fsp3) is 0.538. The number of benzene rings is 1. The summed E-state index contributed by atoms with van der Waals surface area (Å²) in [5.74, 6) is 0. The zero-order valence-electron chi connectivity index (χ0n) is 10.4. The molecule has 0 aromatic heterocycles. The summed E-state index contributed by atoms with van der Waals surface area (Å²) in [4.78, 5) is 2.21. The van der Waals surface area contributed by atoms with Crippen molar-refractivity contribution in [1.82, 2.24) is 4.90 Å². The lowest BCUT2D eigenvalue weighted by Gasteiger charge is -2.28. The largest absolute Gasteiger partial charge is 0.399 e. The lowest BCUT2D eigenvalue weighted by Crippen LogP contribution is -2.38. The highest BCUT2D eigenvalue weighted by Crippen LogP contribution is 2.11. The Bertz CT molecular complexity index is 314. The van der Waals surface area contributed by atoms with Crippen molar-refractivity contribution in [2.75, 3.05) is 18.8 Å². The van der Waals surface area contributed by atoms with E-state index in [4.69, 9.17) is 5.73 Å². The molecule has 0 heterocycles. The van der Waals surface area contributed by atoms with E-state index in [1.54, 1.807) is 0 Å². The zero-order valence-corrected chi connectivity index (χ0v) is 10.4. The fourth-order valence-corrected chi connectivity index (χ4v) is 1.71. The predicted octanol–water partition coefficient (Wildman–Crippen LogP) is 1.86. The van der Waals surface area contributed by atoms with Crippen LogP contribution in [0.1, 0.15) is 26.3 Å². The molecule has 3 nitrogen and oxygen atoms in total. The summed E-state index contributed by atoms with van der Waals surface area (Å²) in [5.41, 5.74) is 7.00. The van der Waals surface area contributed by atoms with Gasteiger partial charge in [-0.05, 0) is 38.1 Å². The maximum absolute atomic E-state index is 9.78. The Kier molecular flexibility index (Phi) is 4.33. The SMILES string of the molecule is CCN(Cc1ccc(N)cc1)CC(C)(C)O. The molecule has 0 fully saturated rings. The van der Waals surface area contributed by atoms with Crippen LogP contribution in [0.3, 0.4) is 0 Å². The van der Waals surface area contributed by atoms with E-state index in [0.717, 1.165) is 18.8 Å². The Labute approximate surface area is 97.9 Å². The van der Waals surface area contributed by atoms with E-state index in [-0.39, 0.29) is 0 Å². The van der Waals surface area contributed by atoms with E-state index < -0.39 is 5.60 Å². The van der Waals surface area contributed by atoms with Crippen molar-refractivity contribution in [3.05, 3.63) is 29.8 Å². The van der Waals surface area contributed by atoms with Gasteiger partial charge in [0.05, 0.1) is 5.60 Å². The number of likely N-dealkylation sites (N-methyl/N-ethyl adjacent to an activating group) is 1. The van der Waals surface area contributed by atoms with Crippen LogP contribution in [0.15, 0.2) is 24.3 Å². The first-order chi connectivity index (χ1) is 7.40. The standard InChI is InChI=1S/C13H22N2O/c1-4-15(10-13(2,3)16)9-11-5-7-12(14)8-6-11/h5-8,16H,4,9-10,14H2,1-3H3. The van der Waals surface area contributed by atoms with Gasteiger partial charge in [0.15, 0.2) is 0 Å². The van der Waals surface area contributed by atoms with E-state index in [1.165, 1.54) is 5.56 Å². The maximum Gasteiger partial charge on any atom is 0.0718 e. The number of hydrogen-bond acceptors (Lipinski definition) is 3. The first kappa shape index (κ1) is 13.0. The van der Waals surface area contributed by atoms with Crippen LogP contribution in [0.2, 0.25) is 0 Å². The van der Waals surface area contributed by atoms with Crippen molar-refractivity contribution in [3.8, 4) is 0 Å². The number of hydrogen-bond donors (Lipinski definition) is 2. The molecular weight excluding hydrogens is 200 g/mol. The molecule has 90 valence electrons. The molecule has 0 radical (unpaired) electrons. The second kappa shape index (κ2) is 5.32. The van der Waals surface area contributed by atoms with Gasteiger partial charge in [0.25, 0.3) is 0 Å². The molecule has 0 saturated heterocycles. The van der Waals surface area contributed by atoms with Crippen LogP contribution in [0.4, 0.5) is 5.69 Å². The molecule has 16 heavy (non-hydrogen) atoms. The normalized spacial score (nSPS) is 12.1. The Morgan fingerprint density at radius 2 is 1.81 bits per heavy atom. The van der Waals surface area contributed by atoms with E-state index in [2.05, 4.69) is 11.8 Å². The van der Waals surface area contributed by atoms with Gasteiger partial charge >= 0.3 is 0 Å². The highest BCUT2D eigenvalue weighted by atomic mass is 16.3. The molecule has 3 N–H and O–H groups in total. The van der Waals surface area contributed by atoms with E-state index in [9.17, 15) is 5.11 Å². The highest BCUT2D eigenvalue weighted by Gasteiger charge is 2.17. The Morgan fingerprint density at radius 3 is 2.25 bits per heavy atom. The van der Waals surface area contributed by atoms with Crippen LogP contribution in [0.25, 0.3) is 0 Å². The Hall–Kier alpha value is -1.06. The molecule has 0 bridgehead atoms. The highest BCUT2D eigenvalue weighted by molar-refractivity contribution is 5.39. The molecule has 0 aliphatic carbocycles. The number of rotatable bonds is 5. The van der Waals surface area contributed by atoms with E-state index in [1.807, 2.05) is 38.1 Å². The fourth-order valence-electron chi connectivity index (χ4n) is 1.71. The molecular formula is C13H22N2O. The van der Waals surface area contributed by atoms with Crippen molar-refractivity contribution >= 4 is 5.69 Å². The van der Waals surface area contributed by atoms with Gasteiger partial charge in [-0.2, -0.15) is 0 Å². The van der Waals surface area contributed by atoms with E-state index in [0.29, 0.717) is 6.54 Å². The summed E-state index contributed by atoms with van der Waals surface area (Å²) in [6, 6.07) is 7.88. The molecule has 1 rings (SSSR count). The minimum atomic E-state index is -0.649. The lowest BCUT2D eigenvalue weighted by atomic mass is 10.1. The van der Waals surface area contributed by atoms with Gasteiger partial charge in [-0.25, -0.2) is 0 Å². The first-order valence-corrected chi connectivity index (χ1v) is 5.70. The van der Waals surface area contributed by atoms with Crippen LogP contribution in [-0.2, 0) is 6.54 Å². The molecule has 0 unspecified atom stereocenters. The predicted molar refractivity (Wildman–Crippen MR) is 68.1 cm³/mol. The zero-order chi connectivity index (χ0) is 12.2. The number of nitrogen functional groups attached to an aromatic ring is 1. The third-order valence-electron chi connectivity index (χ3n) is 2.44. The van der Waals surface area contributed by atoms with Crippen LogP contribution in [0.5, 0.6) is 0 Å². The Balaban J connectivity index is 2.60. The van der Waals surface area contributed by atoms with Gasteiger partial charge in [0, 0.05) is 18.8 Å². The summed E-state index contributed by atoms with van der Waals surface area (Å²) in [6.07, 6.45) is 0. The average molecular weight is 222 g/mol. The third-order valence-corrected chi connectivity index (χ3v) is 2.44. The molecule has 1 aromatic carbocycles. The number of anilines is 1. The quantitative estimate of drug-likeness (QED) is 0.748. The van der Waals surface area contributed by atoms with Gasteiger partial charge in [0.2, 0.25) is 0 Å². The Morgan fingerprint density at radius 1 is 1.25 bits per heavy atom. The molecule has 0 amide bonds. The van der Waals surface area contributed by atoms with Crippen molar-refractivity contribution in [1.29, 1.82) is 0 Å². The number of aliphatic hydroxyl groups is 1.